The first-order valence-electron chi connectivity index (χ1n) is 8.47. The molecule has 1 aliphatic rings. The lowest BCUT2D eigenvalue weighted by atomic mass is 10.00. The summed E-state index contributed by atoms with van der Waals surface area (Å²) in [6.45, 7) is 4.19. The summed E-state index contributed by atoms with van der Waals surface area (Å²) in [5.41, 5.74) is 1.68. The number of nitrogens with one attached hydrogen (secondary N) is 1. The van der Waals surface area contributed by atoms with Crippen LogP contribution in [0, 0.1) is 0 Å². The summed E-state index contributed by atoms with van der Waals surface area (Å²) in [6, 6.07) is 9.44. The van der Waals surface area contributed by atoms with E-state index in [4.69, 9.17) is 0 Å². The van der Waals surface area contributed by atoms with E-state index in [0.29, 0.717) is 31.6 Å². The molecule has 0 aliphatic carbocycles. The fourth-order valence-corrected chi connectivity index (χ4v) is 3.12. The number of likely N-dealkylation sites (tertiary alicyclic amines) is 1. The minimum atomic E-state index is -0.358. The van der Waals surface area contributed by atoms with Crippen LogP contribution in [0.5, 0.6) is 0 Å². The smallest absolute Gasteiger partial charge is 0.246 e. The summed E-state index contributed by atoms with van der Waals surface area (Å²) < 4.78 is 1.78. The van der Waals surface area contributed by atoms with Gasteiger partial charge in [-0.2, -0.15) is 5.10 Å². The number of aryl methyl sites for hydroxylation is 1. The Hall–Kier alpha value is -2.18. The van der Waals surface area contributed by atoms with Gasteiger partial charge in [-0.1, -0.05) is 30.3 Å². The van der Waals surface area contributed by atoms with Crippen LogP contribution >= 0.6 is 0 Å². The number of aliphatic hydroxyl groups is 1. The monoisotopic (exact) mass is 328 g/mol. The number of piperidine rings is 1. The maximum atomic E-state index is 12.9. The molecule has 1 saturated heterocycles. The summed E-state index contributed by atoms with van der Waals surface area (Å²) in [4.78, 5) is 15.1. The van der Waals surface area contributed by atoms with E-state index in [0.717, 1.165) is 12.1 Å². The average molecular weight is 328 g/mol. The van der Waals surface area contributed by atoms with Crippen LogP contribution in [0.25, 0.3) is 0 Å². The fraction of sp³-hybridized carbons (Fsp3) is 0.444. The molecule has 128 valence electrons. The second-order valence-corrected chi connectivity index (χ2v) is 6.15. The Morgan fingerprint density at radius 1 is 1.33 bits per heavy atom. The van der Waals surface area contributed by atoms with E-state index < -0.39 is 0 Å². The Morgan fingerprint density at radius 2 is 2.04 bits per heavy atom. The van der Waals surface area contributed by atoms with Gasteiger partial charge < -0.3 is 10.4 Å². The highest BCUT2D eigenvalue weighted by Gasteiger charge is 2.30. The molecule has 0 radical (unpaired) electrons. The number of carbonyl (C=O) groups is 1. The average Bonchev–Trinajstić information content (AvgIpc) is 3.05. The zero-order valence-electron chi connectivity index (χ0n) is 13.9. The predicted octanol–water partition coefficient (Wildman–Crippen LogP) is 2.04. The van der Waals surface area contributed by atoms with Gasteiger partial charge in [0.25, 0.3) is 0 Å². The van der Waals surface area contributed by atoms with E-state index in [1.54, 1.807) is 10.9 Å². The number of carbonyl (C=O) groups excluding carboxylic acids is 1. The van der Waals surface area contributed by atoms with Gasteiger partial charge in [0.2, 0.25) is 5.91 Å². The Bertz CT molecular complexity index is 663. The summed E-state index contributed by atoms with van der Waals surface area (Å²) >= 11 is 0. The molecule has 0 spiro atoms. The van der Waals surface area contributed by atoms with Crippen molar-refractivity contribution >= 4 is 11.6 Å². The lowest BCUT2D eigenvalue weighted by Crippen LogP contribution is -2.43. The van der Waals surface area contributed by atoms with Gasteiger partial charge in [-0.05, 0) is 25.3 Å². The van der Waals surface area contributed by atoms with Crippen LogP contribution in [0.1, 0.15) is 31.4 Å². The maximum absolute atomic E-state index is 12.9. The first-order valence-corrected chi connectivity index (χ1v) is 8.47. The van der Waals surface area contributed by atoms with Gasteiger partial charge in [0.15, 0.2) is 0 Å². The number of hydrogen-bond donors (Lipinski definition) is 2. The van der Waals surface area contributed by atoms with Crippen LogP contribution in [-0.4, -0.2) is 44.9 Å². The van der Waals surface area contributed by atoms with Crippen molar-refractivity contribution in [3.63, 3.8) is 0 Å². The molecule has 3 rings (SSSR count). The van der Waals surface area contributed by atoms with E-state index in [1.807, 2.05) is 43.5 Å². The molecule has 1 unspecified atom stereocenters. The van der Waals surface area contributed by atoms with Crippen molar-refractivity contribution in [2.45, 2.75) is 38.5 Å². The van der Waals surface area contributed by atoms with Crippen molar-refractivity contribution in [1.29, 1.82) is 0 Å². The van der Waals surface area contributed by atoms with Crippen LogP contribution in [0.4, 0.5) is 5.69 Å². The molecule has 1 aromatic heterocycles. The zero-order valence-corrected chi connectivity index (χ0v) is 13.9. The van der Waals surface area contributed by atoms with Gasteiger partial charge in [0.1, 0.15) is 6.04 Å². The van der Waals surface area contributed by atoms with Gasteiger partial charge in [-0.25, -0.2) is 0 Å². The van der Waals surface area contributed by atoms with Crippen LogP contribution in [0.2, 0.25) is 0 Å². The lowest BCUT2D eigenvalue weighted by molar-refractivity contribution is -0.122. The molecule has 0 bridgehead atoms. The zero-order chi connectivity index (χ0) is 16.9. The van der Waals surface area contributed by atoms with Crippen molar-refractivity contribution in [2.24, 2.45) is 0 Å². The van der Waals surface area contributed by atoms with Crippen LogP contribution in [-0.2, 0) is 11.3 Å². The molecule has 1 atom stereocenters. The molecule has 1 aromatic carbocycles. The van der Waals surface area contributed by atoms with Gasteiger partial charge in [0, 0.05) is 25.8 Å². The summed E-state index contributed by atoms with van der Waals surface area (Å²) in [5, 5.41) is 16.9. The number of benzene rings is 1. The molecule has 0 saturated carbocycles. The molecule has 2 aromatic rings. The standard InChI is InChI=1S/C18H24N4O2/c1-2-22-13-15(12-19-22)20-18(24)17(14-6-4-3-5-7-14)21-10-8-16(23)9-11-21/h3-7,12-13,16-17,23H,2,8-11H2,1H3,(H,20,24). The second-order valence-electron chi connectivity index (χ2n) is 6.15. The van der Waals surface area contributed by atoms with E-state index in [-0.39, 0.29) is 18.1 Å². The third-order valence-corrected chi connectivity index (χ3v) is 4.45. The highest BCUT2D eigenvalue weighted by atomic mass is 16.3. The Morgan fingerprint density at radius 3 is 2.67 bits per heavy atom. The molecular formula is C18H24N4O2. The number of anilines is 1. The molecular weight excluding hydrogens is 304 g/mol. The molecule has 1 amide bonds. The molecule has 24 heavy (non-hydrogen) atoms. The number of aliphatic hydroxyl groups excluding tert-OH is 1. The van der Waals surface area contributed by atoms with E-state index in [2.05, 4.69) is 15.3 Å². The SMILES string of the molecule is CCn1cc(NC(=O)C(c2ccccc2)N2CCC(O)CC2)cn1. The third kappa shape index (κ3) is 3.83. The van der Waals surface area contributed by atoms with Crippen molar-refractivity contribution in [2.75, 3.05) is 18.4 Å². The Balaban J connectivity index is 1.79. The van der Waals surface area contributed by atoms with E-state index in [1.165, 1.54) is 0 Å². The van der Waals surface area contributed by atoms with Gasteiger partial charge >= 0.3 is 0 Å². The van der Waals surface area contributed by atoms with Gasteiger partial charge in [-0.15, -0.1) is 0 Å². The quantitative estimate of drug-likeness (QED) is 0.881. The number of nitrogens with zero attached hydrogens (tertiary/aromatic N) is 3. The summed E-state index contributed by atoms with van der Waals surface area (Å²) in [5.74, 6) is -0.0618. The molecule has 1 aliphatic heterocycles. The van der Waals surface area contributed by atoms with E-state index in [9.17, 15) is 9.90 Å². The second kappa shape index (κ2) is 7.59. The van der Waals surface area contributed by atoms with Crippen molar-refractivity contribution in [3.8, 4) is 0 Å². The van der Waals surface area contributed by atoms with Crippen LogP contribution < -0.4 is 5.32 Å². The van der Waals surface area contributed by atoms with E-state index >= 15 is 0 Å². The van der Waals surface area contributed by atoms with Crippen LogP contribution in [0.15, 0.2) is 42.7 Å². The molecule has 2 heterocycles. The highest BCUT2D eigenvalue weighted by Crippen LogP contribution is 2.26. The Labute approximate surface area is 142 Å². The van der Waals surface area contributed by atoms with Gasteiger partial charge in [-0.3, -0.25) is 14.4 Å². The fourth-order valence-electron chi connectivity index (χ4n) is 3.12. The minimum absolute atomic E-state index is 0.0618. The predicted molar refractivity (Wildman–Crippen MR) is 92.5 cm³/mol. The molecule has 1 fully saturated rings. The lowest BCUT2D eigenvalue weighted by Gasteiger charge is -2.35. The number of aromatic nitrogens is 2. The topological polar surface area (TPSA) is 70.4 Å². The largest absolute Gasteiger partial charge is 0.393 e. The normalized spacial score (nSPS) is 17.6. The summed E-state index contributed by atoms with van der Waals surface area (Å²) in [7, 11) is 0. The number of hydrogen-bond acceptors (Lipinski definition) is 4. The number of amides is 1. The molecule has 6 nitrogen and oxygen atoms in total. The number of rotatable bonds is 5. The maximum Gasteiger partial charge on any atom is 0.246 e. The minimum Gasteiger partial charge on any atom is -0.393 e. The van der Waals surface area contributed by atoms with Crippen molar-refractivity contribution < 1.29 is 9.90 Å². The third-order valence-electron chi connectivity index (χ3n) is 4.45. The van der Waals surface area contributed by atoms with Crippen molar-refractivity contribution in [3.05, 3.63) is 48.3 Å². The highest BCUT2D eigenvalue weighted by molar-refractivity contribution is 5.95. The molecule has 2 N–H and O–H groups in total. The summed E-state index contributed by atoms with van der Waals surface area (Å²) in [6.07, 6.45) is 4.64. The van der Waals surface area contributed by atoms with Gasteiger partial charge in [0.05, 0.1) is 18.0 Å². The Kier molecular flexibility index (Phi) is 5.27. The first-order chi connectivity index (χ1) is 11.7. The van der Waals surface area contributed by atoms with Crippen molar-refractivity contribution in [1.82, 2.24) is 14.7 Å². The first kappa shape index (κ1) is 16.7. The molecule has 6 heteroatoms. The van der Waals surface area contributed by atoms with Crippen LogP contribution in [0.3, 0.4) is 0 Å².